The fourth-order valence-corrected chi connectivity index (χ4v) is 2.12. The van der Waals surface area contributed by atoms with Crippen LogP contribution in [0.4, 0.5) is 0 Å². The monoisotopic (exact) mass is 281 g/mol. The number of unbranched alkanes of at least 4 members (excludes halogenated alkanes) is 1. The van der Waals surface area contributed by atoms with Gasteiger partial charge in [0, 0.05) is 26.4 Å². The van der Waals surface area contributed by atoms with Gasteiger partial charge in [0.15, 0.2) is 5.96 Å². The molecule has 0 radical (unpaired) electrons. The quantitative estimate of drug-likeness (QED) is 0.381. The topological polar surface area (TPSA) is 70.6 Å². The number of hydrogen-bond acceptors (Lipinski definition) is 4. The molecule has 0 aliphatic rings. The Bertz CT molecular complexity index is 316. The number of aliphatic imine (C=N–C) groups is 1. The predicted octanol–water partition coefficient (Wildman–Crippen LogP) is 0.339. The molecule has 0 aliphatic heterocycles. The first-order chi connectivity index (χ1) is 7.99. The summed E-state index contributed by atoms with van der Waals surface area (Å²) in [6.07, 6.45) is 5.59. The lowest BCUT2D eigenvalue weighted by atomic mass is 10.3. The highest BCUT2D eigenvalue weighted by atomic mass is 32.2. The smallest absolute Gasteiger partial charge is 0.191 e. The van der Waals surface area contributed by atoms with Crippen molar-refractivity contribution < 1.29 is 8.42 Å². The van der Waals surface area contributed by atoms with Crippen molar-refractivity contribution in [1.29, 1.82) is 0 Å². The molecule has 0 aromatic carbocycles. The average Bonchev–Trinajstić information content (AvgIpc) is 2.25. The van der Waals surface area contributed by atoms with Crippen molar-refractivity contribution in [3.8, 4) is 0 Å². The van der Waals surface area contributed by atoms with Crippen LogP contribution in [-0.4, -0.2) is 58.5 Å². The summed E-state index contributed by atoms with van der Waals surface area (Å²) in [4.78, 5) is 4.02. The van der Waals surface area contributed by atoms with Crippen molar-refractivity contribution in [3.63, 3.8) is 0 Å². The van der Waals surface area contributed by atoms with Gasteiger partial charge < -0.3 is 10.6 Å². The fraction of sp³-hybridized carbons (Fsp3) is 0.900. The van der Waals surface area contributed by atoms with E-state index in [0.29, 0.717) is 12.5 Å². The van der Waals surface area contributed by atoms with Crippen LogP contribution in [0.25, 0.3) is 0 Å². The number of thioether (sulfide) groups is 1. The molecule has 0 heterocycles. The van der Waals surface area contributed by atoms with Crippen LogP contribution in [0, 0.1) is 0 Å². The molecule has 0 unspecified atom stereocenters. The Kier molecular flexibility index (Phi) is 9.34. The summed E-state index contributed by atoms with van der Waals surface area (Å²) in [5, 5.41) is 6.12. The lowest BCUT2D eigenvalue weighted by molar-refractivity contribution is 0.600. The van der Waals surface area contributed by atoms with E-state index in [-0.39, 0.29) is 5.75 Å². The predicted molar refractivity (Wildman–Crippen MR) is 76.7 cm³/mol. The van der Waals surface area contributed by atoms with Gasteiger partial charge in [-0.15, -0.1) is 0 Å². The summed E-state index contributed by atoms with van der Waals surface area (Å²) < 4.78 is 21.9. The Morgan fingerprint density at radius 3 is 2.41 bits per heavy atom. The van der Waals surface area contributed by atoms with E-state index in [1.807, 2.05) is 11.8 Å². The third-order valence-electron chi connectivity index (χ3n) is 2.06. The normalized spacial score (nSPS) is 12.5. The molecule has 0 saturated heterocycles. The summed E-state index contributed by atoms with van der Waals surface area (Å²) in [6.45, 7) is 1.25. The number of sulfone groups is 1. The van der Waals surface area contributed by atoms with Crippen LogP contribution in [-0.2, 0) is 9.84 Å². The van der Waals surface area contributed by atoms with E-state index in [1.165, 1.54) is 18.4 Å². The van der Waals surface area contributed by atoms with E-state index in [4.69, 9.17) is 0 Å². The first kappa shape index (κ1) is 16.6. The zero-order valence-corrected chi connectivity index (χ0v) is 12.5. The van der Waals surface area contributed by atoms with E-state index in [0.717, 1.165) is 13.0 Å². The van der Waals surface area contributed by atoms with Gasteiger partial charge in [-0.3, -0.25) is 4.99 Å². The molecule has 2 N–H and O–H groups in total. The highest BCUT2D eigenvalue weighted by Crippen LogP contribution is 1.97. The van der Waals surface area contributed by atoms with E-state index in [2.05, 4.69) is 21.9 Å². The van der Waals surface area contributed by atoms with Crippen LogP contribution in [0.15, 0.2) is 4.99 Å². The zero-order valence-electron chi connectivity index (χ0n) is 10.8. The summed E-state index contributed by atoms with van der Waals surface area (Å²) in [5.74, 6) is 1.96. The second kappa shape index (κ2) is 9.58. The van der Waals surface area contributed by atoms with Crippen molar-refractivity contribution in [1.82, 2.24) is 10.6 Å². The highest BCUT2D eigenvalue weighted by molar-refractivity contribution is 7.98. The highest BCUT2D eigenvalue weighted by Gasteiger charge is 2.02. The number of rotatable bonds is 8. The minimum Gasteiger partial charge on any atom is -0.356 e. The van der Waals surface area contributed by atoms with Gasteiger partial charge in [0.1, 0.15) is 9.84 Å². The SMILES string of the molecule is CN=C(NCCCCSC)NCCS(C)(=O)=O. The summed E-state index contributed by atoms with van der Waals surface area (Å²) in [5.41, 5.74) is 0. The minimum atomic E-state index is -2.91. The molecule has 0 spiro atoms. The molecule has 0 aromatic heterocycles. The molecule has 0 rings (SSSR count). The van der Waals surface area contributed by atoms with Crippen LogP contribution in [0.2, 0.25) is 0 Å². The molecular formula is C10H23N3O2S2. The van der Waals surface area contributed by atoms with Crippen LogP contribution < -0.4 is 10.6 Å². The van der Waals surface area contributed by atoms with Crippen molar-refractivity contribution in [2.75, 3.05) is 44.2 Å². The number of hydrogen-bond donors (Lipinski definition) is 2. The Hall–Kier alpha value is -0.430. The Balaban J connectivity index is 3.64. The largest absolute Gasteiger partial charge is 0.356 e. The van der Waals surface area contributed by atoms with Crippen molar-refractivity contribution >= 4 is 27.6 Å². The maximum atomic E-state index is 10.9. The van der Waals surface area contributed by atoms with E-state index >= 15 is 0 Å². The molecule has 0 amide bonds. The molecule has 0 fully saturated rings. The maximum Gasteiger partial charge on any atom is 0.191 e. The zero-order chi connectivity index (χ0) is 13.1. The van der Waals surface area contributed by atoms with Crippen LogP contribution in [0.3, 0.4) is 0 Å². The van der Waals surface area contributed by atoms with Crippen molar-refractivity contribution in [3.05, 3.63) is 0 Å². The Morgan fingerprint density at radius 1 is 1.24 bits per heavy atom. The standard InChI is InChI=1S/C10H23N3O2S2/c1-11-10(12-6-4-5-8-16-2)13-7-9-17(3,14)15/h4-9H2,1-3H3,(H2,11,12,13). The molecular weight excluding hydrogens is 258 g/mol. The first-order valence-corrected chi connectivity index (χ1v) is 9.06. The van der Waals surface area contributed by atoms with Crippen LogP contribution in [0.1, 0.15) is 12.8 Å². The Morgan fingerprint density at radius 2 is 1.88 bits per heavy atom. The molecule has 17 heavy (non-hydrogen) atoms. The van der Waals surface area contributed by atoms with Gasteiger partial charge in [-0.05, 0) is 24.9 Å². The summed E-state index contributed by atoms with van der Waals surface area (Å²) in [7, 11) is -1.23. The first-order valence-electron chi connectivity index (χ1n) is 5.61. The third-order valence-corrected chi connectivity index (χ3v) is 3.70. The van der Waals surface area contributed by atoms with Crippen LogP contribution >= 0.6 is 11.8 Å². The molecule has 0 aromatic rings. The summed E-state index contributed by atoms with van der Waals surface area (Å²) >= 11 is 1.84. The second-order valence-corrected chi connectivity index (χ2v) is 7.00. The number of nitrogens with zero attached hydrogens (tertiary/aromatic N) is 1. The van der Waals surface area contributed by atoms with Crippen molar-refractivity contribution in [2.24, 2.45) is 4.99 Å². The number of nitrogens with one attached hydrogen (secondary N) is 2. The van der Waals surface area contributed by atoms with Crippen molar-refractivity contribution in [2.45, 2.75) is 12.8 Å². The molecule has 5 nitrogen and oxygen atoms in total. The third kappa shape index (κ3) is 11.8. The molecule has 0 aliphatic carbocycles. The second-order valence-electron chi connectivity index (χ2n) is 3.76. The lowest BCUT2D eigenvalue weighted by Crippen LogP contribution is -2.39. The average molecular weight is 281 g/mol. The minimum absolute atomic E-state index is 0.125. The van der Waals surface area contributed by atoms with E-state index in [9.17, 15) is 8.42 Å². The maximum absolute atomic E-state index is 10.9. The Labute approximate surface area is 109 Å². The van der Waals surface area contributed by atoms with Gasteiger partial charge in [-0.2, -0.15) is 11.8 Å². The van der Waals surface area contributed by atoms with Gasteiger partial charge in [-0.1, -0.05) is 0 Å². The molecule has 0 bridgehead atoms. The fourth-order valence-electron chi connectivity index (χ4n) is 1.15. The lowest BCUT2D eigenvalue weighted by Gasteiger charge is -2.11. The van der Waals surface area contributed by atoms with Crippen LogP contribution in [0.5, 0.6) is 0 Å². The van der Waals surface area contributed by atoms with Gasteiger partial charge in [0.25, 0.3) is 0 Å². The van der Waals surface area contributed by atoms with Gasteiger partial charge in [0.2, 0.25) is 0 Å². The van der Waals surface area contributed by atoms with E-state index in [1.54, 1.807) is 7.05 Å². The van der Waals surface area contributed by atoms with Gasteiger partial charge in [-0.25, -0.2) is 8.42 Å². The molecule has 7 heteroatoms. The molecule has 102 valence electrons. The summed E-state index contributed by atoms with van der Waals surface area (Å²) in [6, 6.07) is 0. The van der Waals surface area contributed by atoms with Gasteiger partial charge >= 0.3 is 0 Å². The van der Waals surface area contributed by atoms with E-state index < -0.39 is 9.84 Å². The number of guanidine groups is 1. The molecule has 0 atom stereocenters. The molecule has 0 saturated carbocycles. The van der Waals surface area contributed by atoms with Gasteiger partial charge in [0.05, 0.1) is 5.75 Å².